The molecule has 21 heavy (non-hydrogen) atoms. The molecule has 2 aromatic carbocycles. The van der Waals surface area contributed by atoms with Gasteiger partial charge in [0.2, 0.25) is 0 Å². The summed E-state index contributed by atoms with van der Waals surface area (Å²) in [7, 11) is 0. The van der Waals surface area contributed by atoms with Gasteiger partial charge in [-0.3, -0.25) is 4.79 Å². The quantitative estimate of drug-likeness (QED) is 0.550. The summed E-state index contributed by atoms with van der Waals surface area (Å²) in [6, 6.07) is 12.5. The fourth-order valence-electron chi connectivity index (χ4n) is 1.97. The van der Waals surface area contributed by atoms with Gasteiger partial charge in [0.25, 0.3) is 0 Å². The number of alkyl halides is 1. The SMILES string of the molecule is Cc1cc(C(=O)CSCc2cccc(CCl)c2)ccc1F. The van der Waals surface area contributed by atoms with E-state index in [2.05, 4.69) is 0 Å². The van der Waals surface area contributed by atoms with E-state index in [1.165, 1.54) is 6.07 Å². The number of carbonyl (C=O) groups excluding carboxylic acids is 1. The van der Waals surface area contributed by atoms with Gasteiger partial charge in [-0.25, -0.2) is 4.39 Å². The highest BCUT2D eigenvalue weighted by atomic mass is 35.5. The van der Waals surface area contributed by atoms with Gasteiger partial charge in [0, 0.05) is 17.2 Å². The molecule has 0 aliphatic heterocycles. The predicted octanol–water partition coefficient (Wildman–Crippen LogP) is 4.99. The van der Waals surface area contributed by atoms with E-state index in [1.54, 1.807) is 30.8 Å². The van der Waals surface area contributed by atoms with Crippen LogP contribution in [-0.4, -0.2) is 11.5 Å². The summed E-state index contributed by atoms with van der Waals surface area (Å²) in [4.78, 5) is 12.1. The molecule has 0 heterocycles. The molecule has 0 saturated heterocycles. The van der Waals surface area contributed by atoms with Gasteiger partial charge in [0.1, 0.15) is 5.82 Å². The van der Waals surface area contributed by atoms with Crippen molar-refractivity contribution in [1.82, 2.24) is 0 Å². The summed E-state index contributed by atoms with van der Waals surface area (Å²) in [5, 5.41) is 0. The smallest absolute Gasteiger partial charge is 0.172 e. The van der Waals surface area contributed by atoms with Gasteiger partial charge in [0.15, 0.2) is 5.78 Å². The molecule has 0 spiro atoms. The Kier molecular flexibility index (Phi) is 5.83. The van der Waals surface area contributed by atoms with Crippen LogP contribution >= 0.6 is 23.4 Å². The second-order valence-corrected chi connectivity index (χ2v) is 6.09. The first kappa shape index (κ1) is 16.1. The molecule has 2 rings (SSSR count). The number of hydrogen-bond acceptors (Lipinski definition) is 2. The van der Waals surface area contributed by atoms with Crippen molar-refractivity contribution in [3.63, 3.8) is 0 Å². The Hall–Kier alpha value is -1.32. The summed E-state index contributed by atoms with van der Waals surface area (Å²) in [6.45, 7) is 1.66. The molecule has 0 aliphatic carbocycles. The molecule has 0 unspecified atom stereocenters. The lowest BCUT2D eigenvalue weighted by Crippen LogP contribution is -2.03. The minimum Gasteiger partial charge on any atom is -0.293 e. The van der Waals surface area contributed by atoms with Crippen molar-refractivity contribution in [3.05, 3.63) is 70.5 Å². The van der Waals surface area contributed by atoms with Gasteiger partial charge in [-0.2, -0.15) is 0 Å². The minimum absolute atomic E-state index is 0.0246. The lowest BCUT2D eigenvalue weighted by molar-refractivity contribution is 0.102. The van der Waals surface area contributed by atoms with Crippen LogP contribution < -0.4 is 0 Å². The monoisotopic (exact) mass is 322 g/mol. The molecule has 0 bridgehead atoms. The summed E-state index contributed by atoms with van der Waals surface area (Å²) in [5.41, 5.74) is 3.30. The lowest BCUT2D eigenvalue weighted by atomic mass is 10.1. The fourth-order valence-corrected chi connectivity index (χ4v) is 3.00. The van der Waals surface area contributed by atoms with Crippen LogP contribution in [0.5, 0.6) is 0 Å². The first-order valence-corrected chi connectivity index (χ1v) is 8.30. The second kappa shape index (κ2) is 7.62. The van der Waals surface area contributed by atoms with Crippen molar-refractivity contribution < 1.29 is 9.18 Å². The zero-order valence-corrected chi connectivity index (χ0v) is 13.3. The largest absolute Gasteiger partial charge is 0.293 e. The zero-order chi connectivity index (χ0) is 15.2. The van der Waals surface area contributed by atoms with Crippen LogP contribution in [0.4, 0.5) is 4.39 Å². The Morgan fingerprint density at radius 2 is 1.95 bits per heavy atom. The number of aryl methyl sites for hydroxylation is 1. The van der Waals surface area contributed by atoms with Crippen molar-refractivity contribution in [3.8, 4) is 0 Å². The van der Waals surface area contributed by atoms with Crippen molar-refractivity contribution >= 4 is 29.1 Å². The highest BCUT2D eigenvalue weighted by Crippen LogP contribution is 2.17. The number of carbonyl (C=O) groups is 1. The van der Waals surface area contributed by atoms with Crippen molar-refractivity contribution in [2.45, 2.75) is 18.6 Å². The lowest BCUT2D eigenvalue weighted by Gasteiger charge is -2.05. The first-order chi connectivity index (χ1) is 10.1. The maximum absolute atomic E-state index is 13.2. The predicted molar refractivity (Wildman–Crippen MR) is 87.6 cm³/mol. The highest BCUT2D eigenvalue weighted by Gasteiger charge is 2.08. The van der Waals surface area contributed by atoms with E-state index in [0.717, 1.165) is 16.9 Å². The van der Waals surface area contributed by atoms with Crippen LogP contribution in [0, 0.1) is 12.7 Å². The number of benzene rings is 2. The molecule has 0 saturated carbocycles. The Morgan fingerprint density at radius 1 is 1.19 bits per heavy atom. The summed E-state index contributed by atoms with van der Waals surface area (Å²) in [6.07, 6.45) is 0. The molecule has 0 amide bonds. The minimum atomic E-state index is -0.280. The van der Waals surface area contributed by atoms with Crippen molar-refractivity contribution in [2.24, 2.45) is 0 Å². The standard InChI is InChI=1S/C17H16ClFOS/c1-12-7-15(5-6-16(12)19)17(20)11-21-10-14-4-2-3-13(8-14)9-18/h2-8H,9-11H2,1H3. The van der Waals surface area contributed by atoms with E-state index in [4.69, 9.17) is 11.6 Å². The molecule has 0 N–H and O–H groups in total. The number of thioether (sulfide) groups is 1. The number of rotatable bonds is 6. The average molecular weight is 323 g/mol. The van der Waals surface area contributed by atoms with Gasteiger partial charge in [0.05, 0.1) is 5.75 Å². The maximum atomic E-state index is 13.2. The van der Waals surface area contributed by atoms with Gasteiger partial charge in [-0.15, -0.1) is 23.4 Å². The molecule has 0 radical (unpaired) electrons. The molecule has 4 heteroatoms. The van der Waals surface area contributed by atoms with Crippen LogP contribution in [0.2, 0.25) is 0 Å². The van der Waals surface area contributed by atoms with E-state index in [-0.39, 0.29) is 11.6 Å². The second-order valence-electron chi connectivity index (χ2n) is 4.83. The Labute approximate surface area is 133 Å². The van der Waals surface area contributed by atoms with Crippen LogP contribution in [-0.2, 0) is 11.6 Å². The van der Waals surface area contributed by atoms with Crippen molar-refractivity contribution in [2.75, 3.05) is 5.75 Å². The van der Waals surface area contributed by atoms with Gasteiger partial charge >= 0.3 is 0 Å². The van der Waals surface area contributed by atoms with Crippen LogP contribution in [0.15, 0.2) is 42.5 Å². The van der Waals surface area contributed by atoms with E-state index in [1.807, 2.05) is 24.3 Å². The Bertz CT molecular complexity index is 642. The van der Waals surface area contributed by atoms with E-state index in [0.29, 0.717) is 22.8 Å². The molecular formula is C17H16ClFOS. The van der Waals surface area contributed by atoms with Gasteiger partial charge < -0.3 is 0 Å². The Morgan fingerprint density at radius 3 is 2.67 bits per heavy atom. The summed E-state index contributed by atoms with van der Waals surface area (Å²) in [5.74, 6) is 1.38. The fraction of sp³-hybridized carbons (Fsp3) is 0.235. The maximum Gasteiger partial charge on any atom is 0.172 e. The third-order valence-corrected chi connectivity index (χ3v) is 4.44. The molecule has 0 atom stereocenters. The van der Waals surface area contributed by atoms with E-state index < -0.39 is 0 Å². The van der Waals surface area contributed by atoms with E-state index in [9.17, 15) is 9.18 Å². The first-order valence-electron chi connectivity index (χ1n) is 6.61. The third kappa shape index (κ3) is 4.58. The number of hydrogen-bond donors (Lipinski definition) is 0. The van der Waals surface area contributed by atoms with Crippen LogP contribution in [0.1, 0.15) is 27.0 Å². The zero-order valence-electron chi connectivity index (χ0n) is 11.7. The molecule has 0 aliphatic rings. The highest BCUT2D eigenvalue weighted by molar-refractivity contribution is 7.99. The molecule has 2 aromatic rings. The number of halogens is 2. The van der Waals surface area contributed by atoms with Crippen LogP contribution in [0.25, 0.3) is 0 Å². The molecule has 110 valence electrons. The molecule has 0 aromatic heterocycles. The molecule has 1 nitrogen and oxygen atoms in total. The van der Waals surface area contributed by atoms with Crippen molar-refractivity contribution in [1.29, 1.82) is 0 Å². The molecular weight excluding hydrogens is 307 g/mol. The average Bonchev–Trinajstić information content (AvgIpc) is 2.50. The number of Topliss-reactive ketones (excluding diaryl/α,β-unsaturated/α-hetero) is 1. The topological polar surface area (TPSA) is 17.1 Å². The normalized spacial score (nSPS) is 10.6. The van der Waals surface area contributed by atoms with Gasteiger partial charge in [-0.1, -0.05) is 24.3 Å². The third-order valence-electron chi connectivity index (χ3n) is 3.13. The number of ketones is 1. The van der Waals surface area contributed by atoms with Crippen LogP contribution in [0.3, 0.4) is 0 Å². The molecule has 0 fully saturated rings. The van der Waals surface area contributed by atoms with E-state index >= 15 is 0 Å². The summed E-state index contributed by atoms with van der Waals surface area (Å²) < 4.78 is 13.2. The summed E-state index contributed by atoms with van der Waals surface area (Å²) >= 11 is 7.35. The van der Waals surface area contributed by atoms with Gasteiger partial charge in [-0.05, 0) is 41.8 Å². The Balaban J connectivity index is 1.90.